The van der Waals surface area contributed by atoms with Crippen LogP contribution in [-0.2, 0) is 11.2 Å². The number of aromatic nitrogens is 1. The molecule has 0 saturated carbocycles. The lowest BCUT2D eigenvalue weighted by atomic mass is 10.0. The van der Waals surface area contributed by atoms with Crippen LogP contribution in [0.2, 0.25) is 0 Å². The number of hydrogen-bond acceptors (Lipinski definition) is 5. The van der Waals surface area contributed by atoms with Crippen LogP contribution in [0, 0.1) is 0 Å². The first-order valence-corrected chi connectivity index (χ1v) is 8.78. The fraction of sp³-hybridized carbons (Fsp3) is 0.412. The molecule has 2 heterocycles. The van der Waals surface area contributed by atoms with Crippen molar-refractivity contribution in [2.24, 2.45) is 5.73 Å². The van der Waals surface area contributed by atoms with E-state index in [4.69, 9.17) is 5.73 Å². The van der Waals surface area contributed by atoms with Crippen LogP contribution in [0.4, 0.5) is 5.13 Å². The minimum atomic E-state index is -0.346. The Hall–Kier alpha value is -1.92. The summed E-state index contributed by atoms with van der Waals surface area (Å²) in [5.74, 6) is -0.285. The molecule has 1 aliphatic heterocycles. The summed E-state index contributed by atoms with van der Waals surface area (Å²) in [6.07, 6.45) is 2.98. The average molecular weight is 330 g/mol. The van der Waals surface area contributed by atoms with Crippen molar-refractivity contribution >= 4 is 22.4 Å². The third kappa shape index (κ3) is 3.54. The van der Waals surface area contributed by atoms with Gasteiger partial charge in [0.2, 0.25) is 5.91 Å². The van der Waals surface area contributed by atoms with E-state index in [2.05, 4.69) is 21.7 Å². The van der Waals surface area contributed by atoms with Crippen molar-refractivity contribution in [3.05, 3.63) is 47.0 Å². The molecule has 0 aliphatic carbocycles. The Balaban J connectivity index is 1.68. The summed E-state index contributed by atoms with van der Waals surface area (Å²) in [7, 11) is 0. The van der Waals surface area contributed by atoms with E-state index in [1.165, 1.54) is 4.88 Å². The van der Waals surface area contributed by atoms with E-state index in [9.17, 15) is 4.79 Å². The number of primary amides is 1. The maximum atomic E-state index is 11.9. The Morgan fingerprint density at radius 2 is 1.96 bits per heavy atom. The quantitative estimate of drug-likeness (QED) is 0.911. The van der Waals surface area contributed by atoms with Crippen LogP contribution in [-0.4, -0.2) is 42.0 Å². The lowest BCUT2D eigenvalue weighted by Gasteiger charge is -2.38. The molecule has 1 fully saturated rings. The van der Waals surface area contributed by atoms with Crippen LogP contribution in [0.3, 0.4) is 0 Å². The molecule has 0 radical (unpaired) electrons. The number of hydrogen-bond donors (Lipinski definition) is 1. The van der Waals surface area contributed by atoms with Gasteiger partial charge in [-0.05, 0) is 12.0 Å². The summed E-state index contributed by atoms with van der Waals surface area (Å²) in [6, 6.07) is 9.44. The molecular formula is C17H22N4OS. The van der Waals surface area contributed by atoms with Gasteiger partial charge in [-0.15, -0.1) is 11.3 Å². The minimum Gasteiger partial charge on any atom is -0.368 e. The molecule has 2 N–H and O–H groups in total. The SMILES string of the molecule is CCc1cnc(N2CCN(C(C(N)=O)c3ccccc3)CC2)s1. The molecule has 1 aliphatic rings. The van der Waals surface area contributed by atoms with E-state index >= 15 is 0 Å². The Morgan fingerprint density at radius 3 is 2.52 bits per heavy atom. The van der Waals surface area contributed by atoms with Gasteiger partial charge in [-0.25, -0.2) is 4.98 Å². The number of aryl methyl sites for hydroxylation is 1. The lowest BCUT2D eigenvalue weighted by molar-refractivity contribution is -0.123. The molecule has 5 nitrogen and oxygen atoms in total. The van der Waals surface area contributed by atoms with Crippen molar-refractivity contribution < 1.29 is 4.79 Å². The molecule has 122 valence electrons. The molecule has 1 atom stereocenters. The van der Waals surface area contributed by atoms with Gasteiger partial charge < -0.3 is 10.6 Å². The van der Waals surface area contributed by atoms with Gasteiger partial charge in [0.25, 0.3) is 0 Å². The number of benzene rings is 1. The number of piperazine rings is 1. The summed E-state index contributed by atoms with van der Waals surface area (Å²) >= 11 is 1.76. The molecule has 0 spiro atoms. The molecule has 1 unspecified atom stereocenters. The Labute approximate surface area is 140 Å². The second-order valence-electron chi connectivity index (χ2n) is 5.70. The number of rotatable bonds is 5. The molecule has 1 aromatic carbocycles. The van der Waals surface area contributed by atoms with Gasteiger partial charge in [0, 0.05) is 37.3 Å². The highest BCUT2D eigenvalue weighted by molar-refractivity contribution is 7.15. The highest BCUT2D eigenvalue weighted by atomic mass is 32.1. The third-order valence-electron chi connectivity index (χ3n) is 4.22. The molecule has 6 heteroatoms. The van der Waals surface area contributed by atoms with Crippen molar-refractivity contribution in [1.82, 2.24) is 9.88 Å². The van der Waals surface area contributed by atoms with Gasteiger partial charge in [-0.1, -0.05) is 37.3 Å². The van der Waals surface area contributed by atoms with Gasteiger partial charge >= 0.3 is 0 Å². The fourth-order valence-electron chi connectivity index (χ4n) is 2.97. The average Bonchev–Trinajstić information content (AvgIpc) is 3.05. The number of carbonyl (C=O) groups is 1. The molecule has 1 amide bonds. The number of anilines is 1. The summed E-state index contributed by atoms with van der Waals surface area (Å²) in [6.45, 7) is 5.50. The minimum absolute atomic E-state index is 0.285. The molecule has 1 aromatic heterocycles. The second kappa shape index (κ2) is 7.10. The van der Waals surface area contributed by atoms with Crippen molar-refractivity contribution in [3.63, 3.8) is 0 Å². The predicted octanol–water partition coefficient (Wildman–Crippen LogP) is 2.05. The van der Waals surface area contributed by atoms with Crippen LogP contribution >= 0.6 is 11.3 Å². The van der Waals surface area contributed by atoms with Crippen LogP contribution in [0.5, 0.6) is 0 Å². The van der Waals surface area contributed by atoms with E-state index in [1.807, 2.05) is 36.5 Å². The smallest absolute Gasteiger partial charge is 0.239 e. The van der Waals surface area contributed by atoms with Gasteiger partial charge in [0.1, 0.15) is 6.04 Å². The monoisotopic (exact) mass is 330 g/mol. The van der Waals surface area contributed by atoms with Crippen molar-refractivity contribution in [2.45, 2.75) is 19.4 Å². The van der Waals surface area contributed by atoms with E-state index in [1.54, 1.807) is 11.3 Å². The first kappa shape index (κ1) is 16.0. The number of carbonyl (C=O) groups excluding carboxylic acids is 1. The largest absolute Gasteiger partial charge is 0.368 e. The molecule has 0 bridgehead atoms. The molecule has 3 rings (SSSR count). The fourth-order valence-corrected chi connectivity index (χ4v) is 3.87. The third-order valence-corrected chi connectivity index (χ3v) is 5.43. The van der Waals surface area contributed by atoms with Crippen LogP contribution in [0.15, 0.2) is 36.5 Å². The number of nitrogens with zero attached hydrogens (tertiary/aromatic N) is 3. The number of amides is 1. The Bertz CT molecular complexity index is 650. The number of nitrogens with two attached hydrogens (primary N) is 1. The van der Waals surface area contributed by atoms with Crippen molar-refractivity contribution in [1.29, 1.82) is 0 Å². The maximum absolute atomic E-state index is 11.9. The van der Waals surface area contributed by atoms with E-state index < -0.39 is 0 Å². The van der Waals surface area contributed by atoms with E-state index in [0.29, 0.717) is 0 Å². The lowest BCUT2D eigenvalue weighted by Crippen LogP contribution is -2.50. The summed E-state index contributed by atoms with van der Waals surface area (Å²) in [5, 5.41) is 1.08. The van der Waals surface area contributed by atoms with Gasteiger partial charge in [0.05, 0.1) is 0 Å². The van der Waals surface area contributed by atoms with Crippen molar-refractivity contribution in [2.75, 3.05) is 31.1 Å². The van der Waals surface area contributed by atoms with Crippen LogP contribution < -0.4 is 10.6 Å². The first-order chi connectivity index (χ1) is 11.2. The molecular weight excluding hydrogens is 308 g/mol. The standard InChI is InChI=1S/C17H22N4OS/c1-2-14-12-19-17(23-14)21-10-8-20(9-11-21)15(16(18)22)13-6-4-3-5-7-13/h3-7,12,15H,2,8-11H2,1H3,(H2,18,22). The van der Waals surface area contributed by atoms with Crippen LogP contribution in [0.1, 0.15) is 23.4 Å². The topological polar surface area (TPSA) is 62.5 Å². The van der Waals surface area contributed by atoms with Gasteiger partial charge in [-0.2, -0.15) is 0 Å². The van der Waals surface area contributed by atoms with Crippen LogP contribution in [0.25, 0.3) is 0 Å². The zero-order valence-corrected chi connectivity index (χ0v) is 14.1. The second-order valence-corrected chi connectivity index (χ2v) is 6.79. The molecule has 1 saturated heterocycles. The molecule has 23 heavy (non-hydrogen) atoms. The summed E-state index contributed by atoms with van der Waals surface area (Å²) in [5.41, 5.74) is 6.63. The zero-order chi connectivity index (χ0) is 16.2. The number of thiazole rings is 1. The first-order valence-electron chi connectivity index (χ1n) is 7.97. The summed E-state index contributed by atoms with van der Waals surface area (Å²) < 4.78 is 0. The predicted molar refractivity (Wildman–Crippen MR) is 93.7 cm³/mol. The van der Waals surface area contributed by atoms with E-state index in [-0.39, 0.29) is 11.9 Å². The van der Waals surface area contributed by atoms with Gasteiger partial charge in [0.15, 0.2) is 5.13 Å². The maximum Gasteiger partial charge on any atom is 0.239 e. The Morgan fingerprint density at radius 1 is 1.26 bits per heavy atom. The van der Waals surface area contributed by atoms with Crippen molar-refractivity contribution in [3.8, 4) is 0 Å². The summed E-state index contributed by atoms with van der Waals surface area (Å²) in [4.78, 5) is 22.2. The molecule has 2 aromatic rings. The normalized spacial score (nSPS) is 17.2. The van der Waals surface area contributed by atoms with Gasteiger partial charge in [-0.3, -0.25) is 9.69 Å². The Kier molecular flexibility index (Phi) is 4.93. The highest BCUT2D eigenvalue weighted by Gasteiger charge is 2.29. The van der Waals surface area contributed by atoms with E-state index in [0.717, 1.165) is 43.3 Å². The highest BCUT2D eigenvalue weighted by Crippen LogP contribution is 2.27. The zero-order valence-electron chi connectivity index (χ0n) is 13.3.